The van der Waals surface area contributed by atoms with Crippen LogP contribution in [0.25, 0.3) is 0 Å². The molecule has 0 saturated carbocycles. The zero-order valence-electron chi connectivity index (χ0n) is 15.4. The number of esters is 1. The van der Waals surface area contributed by atoms with Gasteiger partial charge in [0.15, 0.2) is 0 Å². The van der Waals surface area contributed by atoms with Gasteiger partial charge in [-0.2, -0.15) is 0 Å². The summed E-state index contributed by atoms with van der Waals surface area (Å²) in [5.41, 5.74) is 2.97. The Bertz CT molecular complexity index is 777. The second kappa shape index (κ2) is 9.97. The highest BCUT2D eigenvalue weighted by molar-refractivity contribution is 7.99. The largest absolute Gasteiger partial charge is 0.466 e. The van der Waals surface area contributed by atoms with Crippen LogP contribution in [0.3, 0.4) is 0 Å². The number of benzene rings is 1. The number of nitrogens with one attached hydrogen (secondary N) is 1. The Hall–Kier alpha value is -2.34. The predicted molar refractivity (Wildman–Crippen MR) is 102 cm³/mol. The number of carbonyl (C=O) groups excluding carboxylic acids is 2. The molecular formula is C20H24N2O3S. The van der Waals surface area contributed by atoms with E-state index in [0.717, 1.165) is 4.90 Å². The molecule has 0 atom stereocenters. The van der Waals surface area contributed by atoms with Gasteiger partial charge in [-0.3, -0.25) is 9.59 Å². The first-order valence-electron chi connectivity index (χ1n) is 8.65. The summed E-state index contributed by atoms with van der Waals surface area (Å²) in [6.07, 6.45) is 2.52. The fourth-order valence-corrected chi connectivity index (χ4v) is 3.28. The summed E-state index contributed by atoms with van der Waals surface area (Å²) >= 11 is 1.47. The predicted octanol–water partition coefficient (Wildman–Crippen LogP) is 3.92. The minimum Gasteiger partial charge on any atom is -0.466 e. The van der Waals surface area contributed by atoms with Crippen LogP contribution in [0.15, 0.2) is 46.5 Å². The van der Waals surface area contributed by atoms with E-state index in [1.54, 1.807) is 25.3 Å². The quantitative estimate of drug-likeness (QED) is 0.562. The molecular weight excluding hydrogens is 348 g/mol. The lowest BCUT2D eigenvalue weighted by molar-refractivity contribution is -0.143. The maximum Gasteiger partial charge on any atom is 0.305 e. The second-order valence-corrected chi connectivity index (χ2v) is 6.93. The van der Waals surface area contributed by atoms with Gasteiger partial charge in [-0.15, -0.1) is 0 Å². The molecule has 1 amide bonds. The normalized spacial score (nSPS) is 10.4. The van der Waals surface area contributed by atoms with E-state index >= 15 is 0 Å². The van der Waals surface area contributed by atoms with Crippen LogP contribution in [0.4, 0.5) is 0 Å². The Morgan fingerprint density at radius 3 is 2.73 bits per heavy atom. The molecule has 0 fully saturated rings. The number of ether oxygens (including phenoxy) is 1. The standard InChI is InChI=1S/C20H24N2O3S/c1-4-25-18(23)8-6-11-21-19(24)17-7-5-12-22-20(17)26-16-10-9-14(2)15(3)13-16/h5,7,9-10,12-13H,4,6,8,11H2,1-3H3,(H,21,24). The minimum atomic E-state index is -0.242. The van der Waals surface area contributed by atoms with Crippen molar-refractivity contribution in [2.75, 3.05) is 13.2 Å². The third-order valence-corrected chi connectivity index (χ3v) is 4.87. The van der Waals surface area contributed by atoms with Gasteiger partial charge in [0.25, 0.3) is 5.91 Å². The molecule has 1 aromatic carbocycles. The summed E-state index contributed by atoms with van der Waals surface area (Å²) in [4.78, 5) is 29.2. The van der Waals surface area contributed by atoms with Crippen molar-refractivity contribution in [1.29, 1.82) is 0 Å². The van der Waals surface area contributed by atoms with Crippen molar-refractivity contribution in [2.45, 2.75) is 43.5 Å². The van der Waals surface area contributed by atoms with E-state index in [1.807, 2.05) is 6.07 Å². The molecule has 5 nitrogen and oxygen atoms in total. The van der Waals surface area contributed by atoms with Crippen molar-refractivity contribution in [3.63, 3.8) is 0 Å². The molecule has 1 N–H and O–H groups in total. The van der Waals surface area contributed by atoms with Crippen LogP contribution >= 0.6 is 11.8 Å². The molecule has 0 radical (unpaired) electrons. The topological polar surface area (TPSA) is 68.3 Å². The van der Waals surface area contributed by atoms with Gasteiger partial charge in [-0.05, 0) is 62.6 Å². The number of nitrogens with zero attached hydrogens (tertiary/aromatic N) is 1. The van der Waals surface area contributed by atoms with Crippen LogP contribution in [-0.2, 0) is 9.53 Å². The lowest BCUT2D eigenvalue weighted by Crippen LogP contribution is -2.25. The lowest BCUT2D eigenvalue weighted by atomic mass is 10.1. The summed E-state index contributed by atoms with van der Waals surface area (Å²) < 4.78 is 4.87. The zero-order chi connectivity index (χ0) is 18.9. The van der Waals surface area contributed by atoms with Crippen LogP contribution in [0.2, 0.25) is 0 Å². The zero-order valence-corrected chi connectivity index (χ0v) is 16.2. The minimum absolute atomic E-state index is 0.187. The molecule has 1 aromatic heterocycles. The van der Waals surface area contributed by atoms with E-state index in [9.17, 15) is 9.59 Å². The molecule has 2 rings (SSSR count). The third kappa shape index (κ3) is 5.88. The van der Waals surface area contributed by atoms with Gasteiger partial charge in [0.05, 0.1) is 12.2 Å². The number of hydrogen-bond donors (Lipinski definition) is 1. The van der Waals surface area contributed by atoms with E-state index in [-0.39, 0.29) is 11.9 Å². The summed E-state index contributed by atoms with van der Waals surface area (Å²) in [6.45, 7) is 6.70. The van der Waals surface area contributed by atoms with Crippen LogP contribution in [0.5, 0.6) is 0 Å². The van der Waals surface area contributed by atoms with E-state index < -0.39 is 0 Å². The number of rotatable bonds is 8. The average Bonchev–Trinajstić information content (AvgIpc) is 2.62. The molecule has 0 aliphatic heterocycles. The smallest absolute Gasteiger partial charge is 0.305 e. The first-order chi connectivity index (χ1) is 12.5. The molecule has 0 unspecified atom stereocenters. The van der Waals surface area contributed by atoms with E-state index in [2.05, 4.69) is 36.3 Å². The molecule has 26 heavy (non-hydrogen) atoms. The van der Waals surface area contributed by atoms with Crippen LogP contribution in [0, 0.1) is 13.8 Å². The first kappa shape index (κ1) is 20.0. The highest BCUT2D eigenvalue weighted by atomic mass is 32.2. The molecule has 0 bridgehead atoms. The molecule has 6 heteroatoms. The van der Waals surface area contributed by atoms with Crippen molar-refractivity contribution in [2.24, 2.45) is 0 Å². The van der Waals surface area contributed by atoms with Crippen molar-refractivity contribution in [3.05, 3.63) is 53.2 Å². The molecule has 0 aliphatic carbocycles. The molecule has 0 aliphatic rings. The number of aromatic nitrogens is 1. The van der Waals surface area contributed by atoms with Crippen molar-refractivity contribution in [3.8, 4) is 0 Å². The van der Waals surface area contributed by atoms with Gasteiger partial charge in [0.2, 0.25) is 0 Å². The SMILES string of the molecule is CCOC(=O)CCCNC(=O)c1cccnc1Sc1ccc(C)c(C)c1. The Labute approximate surface area is 158 Å². The van der Waals surface area contributed by atoms with E-state index in [1.165, 1.54) is 22.9 Å². The maximum atomic E-state index is 12.5. The maximum absolute atomic E-state index is 12.5. The lowest BCUT2D eigenvalue weighted by Gasteiger charge is -2.10. The van der Waals surface area contributed by atoms with Crippen molar-refractivity contribution in [1.82, 2.24) is 10.3 Å². The molecule has 0 saturated heterocycles. The van der Waals surface area contributed by atoms with Crippen LogP contribution in [-0.4, -0.2) is 30.0 Å². The number of aryl methyl sites for hydroxylation is 2. The van der Waals surface area contributed by atoms with Crippen molar-refractivity contribution < 1.29 is 14.3 Å². The molecule has 138 valence electrons. The number of amides is 1. The monoisotopic (exact) mass is 372 g/mol. The summed E-state index contributed by atoms with van der Waals surface area (Å²) in [5.74, 6) is -0.428. The van der Waals surface area contributed by atoms with Gasteiger partial charge in [-0.1, -0.05) is 17.8 Å². The molecule has 1 heterocycles. The molecule has 2 aromatic rings. The number of hydrogen-bond acceptors (Lipinski definition) is 5. The second-order valence-electron chi connectivity index (χ2n) is 5.87. The fraction of sp³-hybridized carbons (Fsp3) is 0.350. The van der Waals surface area contributed by atoms with E-state index in [4.69, 9.17) is 4.74 Å². The van der Waals surface area contributed by atoms with Gasteiger partial charge < -0.3 is 10.1 Å². The highest BCUT2D eigenvalue weighted by Crippen LogP contribution is 2.29. The van der Waals surface area contributed by atoms with Gasteiger partial charge >= 0.3 is 5.97 Å². The Balaban J connectivity index is 1.98. The Morgan fingerprint density at radius 1 is 1.19 bits per heavy atom. The number of carbonyl (C=O) groups is 2. The van der Waals surface area contributed by atoms with Crippen LogP contribution < -0.4 is 5.32 Å². The van der Waals surface area contributed by atoms with Gasteiger partial charge in [0.1, 0.15) is 5.03 Å². The van der Waals surface area contributed by atoms with Crippen LogP contribution in [0.1, 0.15) is 41.3 Å². The van der Waals surface area contributed by atoms with Crippen molar-refractivity contribution >= 4 is 23.6 Å². The summed E-state index contributed by atoms with van der Waals surface area (Å²) in [7, 11) is 0. The fourth-order valence-electron chi connectivity index (χ4n) is 2.30. The summed E-state index contributed by atoms with van der Waals surface area (Å²) in [6, 6.07) is 9.70. The highest BCUT2D eigenvalue weighted by Gasteiger charge is 2.13. The van der Waals surface area contributed by atoms with E-state index in [0.29, 0.717) is 36.6 Å². The third-order valence-electron chi connectivity index (χ3n) is 3.86. The number of pyridine rings is 1. The average molecular weight is 372 g/mol. The Kier molecular flexibility index (Phi) is 7.66. The van der Waals surface area contributed by atoms with Gasteiger partial charge in [-0.25, -0.2) is 4.98 Å². The van der Waals surface area contributed by atoms with Gasteiger partial charge in [0, 0.05) is 24.1 Å². The summed E-state index contributed by atoms with van der Waals surface area (Å²) in [5, 5.41) is 3.51. The molecule has 0 spiro atoms. The first-order valence-corrected chi connectivity index (χ1v) is 9.47. The Morgan fingerprint density at radius 2 is 2.00 bits per heavy atom.